The number of nitrogens with one attached hydrogen (secondary N) is 1. The van der Waals surface area contributed by atoms with Crippen LogP contribution in [0.2, 0.25) is 0 Å². The second-order valence-corrected chi connectivity index (χ2v) is 9.66. The Bertz CT molecular complexity index is 1660. The van der Waals surface area contributed by atoms with Crippen molar-refractivity contribution in [2.45, 2.75) is 6.54 Å². The lowest BCUT2D eigenvalue weighted by Gasteiger charge is -2.36. The lowest BCUT2D eigenvalue weighted by Crippen LogP contribution is -2.47. The van der Waals surface area contributed by atoms with E-state index < -0.39 is 5.91 Å². The molecular weight excluding hydrogens is 533 g/mol. The summed E-state index contributed by atoms with van der Waals surface area (Å²) >= 11 is 0. The quantitative estimate of drug-likeness (QED) is 0.194. The molecule has 5 aromatic rings. The van der Waals surface area contributed by atoms with Crippen LogP contribution < -0.4 is 26.4 Å². The van der Waals surface area contributed by atoms with Gasteiger partial charge in [-0.05, 0) is 24.3 Å². The Kier molecular flexibility index (Phi) is 7.35. The Hall–Kier alpha value is -4.76. The topological polar surface area (TPSA) is 171 Å². The van der Waals surface area contributed by atoms with Gasteiger partial charge in [0.2, 0.25) is 17.7 Å². The molecule has 0 atom stereocenters. The fraction of sp³-hybridized carbons (Fsp3) is 0.346. The second kappa shape index (κ2) is 11.4. The van der Waals surface area contributed by atoms with Crippen LogP contribution in [-0.2, 0) is 11.3 Å². The van der Waals surface area contributed by atoms with Crippen LogP contribution in [0, 0.1) is 5.82 Å². The number of nitrogens with zero attached hydrogens (tertiary/aromatic N) is 8. The van der Waals surface area contributed by atoms with Gasteiger partial charge < -0.3 is 30.8 Å². The first-order chi connectivity index (χ1) is 20.0. The summed E-state index contributed by atoms with van der Waals surface area (Å²) in [5.74, 6) is 0.853. The number of fused-ring (bicyclic) bond motifs is 3. The first-order valence-electron chi connectivity index (χ1n) is 13.3. The molecule has 15 heteroatoms. The maximum absolute atomic E-state index is 14.9. The molecule has 0 spiro atoms. The van der Waals surface area contributed by atoms with Gasteiger partial charge in [-0.3, -0.25) is 9.69 Å². The number of piperazine rings is 1. The smallest absolute Gasteiger partial charge is 0.231 e. The van der Waals surface area contributed by atoms with Crippen molar-refractivity contribution in [2.24, 2.45) is 5.73 Å². The SMILES string of the molecule is NC(=O)CNCCOc1ccc(N2CCN(CCn3ncc4c3nc(N)n3nc(-c5ccco5)nc43)CC2)c(F)c1. The van der Waals surface area contributed by atoms with Crippen molar-refractivity contribution in [2.75, 3.05) is 63.1 Å². The molecule has 1 aromatic carbocycles. The van der Waals surface area contributed by atoms with Crippen LogP contribution in [0.5, 0.6) is 5.75 Å². The van der Waals surface area contributed by atoms with Gasteiger partial charge in [-0.25, -0.2) is 14.1 Å². The van der Waals surface area contributed by atoms with Crippen molar-refractivity contribution in [1.82, 2.24) is 39.6 Å². The predicted octanol–water partition coefficient (Wildman–Crippen LogP) is 0.731. The largest absolute Gasteiger partial charge is 0.492 e. The fourth-order valence-electron chi connectivity index (χ4n) is 4.87. The van der Waals surface area contributed by atoms with E-state index in [1.807, 2.05) is 9.58 Å². The van der Waals surface area contributed by atoms with E-state index in [4.69, 9.17) is 20.6 Å². The molecule has 0 unspecified atom stereocenters. The molecule has 5 N–H and O–H groups in total. The minimum absolute atomic E-state index is 0.0766. The Morgan fingerprint density at radius 3 is 2.73 bits per heavy atom. The number of halogens is 1. The van der Waals surface area contributed by atoms with Gasteiger partial charge in [-0.1, -0.05) is 0 Å². The first kappa shape index (κ1) is 26.5. The van der Waals surface area contributed by atoms with Crippen molar-refractivity contribution in [3.8, 4) is 17.3 Å². The Balaban J connectivity index is 1.04. The molecule has 5 heterocycles. The van der Waals surface area contributed by atoms with E-state index in [9.17, 15) is 9.18 Å². The van der Waals surface area contributed by atoms with Crippen LogP contribution >= 0.6 is 0 Å². The average molecular weight is 564 g/mol. The zero-order chi connectivity index (χ0) is 28.3. The van der Waals surface area contributed by atoms with E-state index in [0.29, 0.717) is 67.1 Å². The fourth-order valence-corrected chi connectivity index (χ4v) is 4.87. The highest BCUT2D eigenvalue weighted by molar-refractivity contribution is 5.90. The van der Waals surface area contributed by atoms with Gasteiger partial charge in [-0.15, -0.1) is 5.10 Å². The normalized spacial score (nSPS) is 14.3. The average Bonchev–Trinajstić information content (AvgIpc) is 3.72. The molecule has 1 aliphatic rings. The van der Waals surface area contributed by atoms with E-state index in [2.05, 4.69) is 30.4 Å². The van der Waals surface area contributed by atoms with Crippen molar-refractivity contribution < 1.29 is 18.3 Å². The third-order valence-electron chi connectivity index (χ3n) is 6.95. The molecule has 14 nitrogen and oxygen atoms in total. The molecule has 1 aliphatic heterocycles. The summed E-state index contributed by atoms with van der Waals surface area (Å²) in [7, 11) is 0. The van der Waals surface area contributed by atoms with Crippen LogP contribution in [0.4, 0.5) is 16.0 Å². The summed E-state index contributed by atoms with van der Waals surface area (Å²) in [6.45, 7) is 5.11. The molecule has 0 bridgehead atoms. The van der Waals surface area contributed by atoms with Gasteiger partial charge in [0.15, 0.2) is 17.1 Å². The highest BCUT2D eigenvalue weighted by Gasteiger charge is 2.21. The van der Waals surface area contributed by atoms with Crippen LogP contribution in [-0.4, -0.2) is 92.6 Å². The summed E-state index contributed by atoms with van der Waals surface area (Å²) < 4.78 is 29.2. The monoisotopic (exact) mass is 563 g/mol. The number of benzene rings is 1. The number of rotatable bonds is 11. The molecule has 6 rings (SSSR count). The maximum atomic E-state index is 14.9. The Morgan fingerprint density at radius 1 is 1.12 bits per heavy atom. The van der Waals surface area contributed by atoms with Gasteiger partial charge in [0.1, 0.15) is 18.2 Å². The molecule has 1 amide bonds. The number of hydrogen-bond donors (Lipinski definition) is 3. The van der Waals surface area contributed by atoms with Gasteiger partial charge in [-0.2, -0.15) is 14.6 Å². The molecular formula is C26H30FN11O3. The molecule has 4 aromatic heterocycles. The molecule has 1 saturated heterocycles. The Labute approximate surface area is 233 Å². The van der Waals surface area contributed by atoms with Gasteiger partial charge in [0, 0.05) is 45.3 Å². The molecule has 0 radical (unpaired) electrons. The molecule has 0 saturated carbocycles. The number of furan rings is 1. The maximum Gasteiger partial charge on any atom is 0.231 e. The second-order valence-electron chi connectivity index (χ2n) is 9.66. The van der Waals surface area contributed by atoms with Crippen LogP contribution in [0.25, 0.3) is 28.3 Å². The Morgan fingerprint density at radius 2 is 1.98 bits per heavy atom. The van der Waals surface area contributed by atoms with Gasteiger partial charge in [0.25, 0.3) is 0 Å². The van der Waals surface area contributed by atoms with E-state index in [1.165, 1.54) is 10.6 Å². The zero-order valence-corrected chi connectivity index (χ0v) is 22.2. The van der Waals surface area contributed by atoms with Crippen molar-refractivity contribution >= 4 is 34.2 Å². The van der Waals surface area contributed by atoms with E-state index in [0.717, 1.165) is 25.0 Å². The highest BCUT2D eigenvalue weighted by atomic mass is 19.1. The summed E-state index contributed by atoms with van der Waals surface area (Å²) in [5, 5.41) is 12.6. The lowest BCUT2D eigenvalue weighted by atomic mass is 10.2. The number of ether oxygens (including phenoxy) is 1. The number of carbonyl (C=O) groups excluding carboxylic acids is 1. The standard InChI is InChI=1S/C26H30FN11O3/c27-19-14-17(40-13-5-30-16-22(28)39)3-4-20(19)36-9-6-35(7-10-36)8-11-37-24-18(15-31-37)25-32-23(21-2-1-12-41-21)34-38(25)26(29)33-24/h1-4,12,14-15,30H,5-11,13,16H2,(H2,28,39)(H2,29,33). The highest BCUT2D eigenvalue weighted by Crippen LogP contribution is 2.26. The zero-order valence-electron chi connectivity index (χ0n) is 22.2. The van der Waals surface area contributed by atoms with Crippen molar-refractivity contribution in [3.63, 3.8) is 0 Å². The molecule has 41 heavy (non-hydrogen) atoms. The van der Waals surface area contributed by atoms with E-state index in [-0.39, 0.29) is 18.3 Å². The van der Waals surface area contributed by atoms with Crippen LogP contribution in [0.3, 0.4) is 0 Å². The summed E-state index contributed by atoms with van der Waals surface area (Å²) in [4.78, 5) is 24.2. The summed E-state index contributed by atoms with van der Waals surface area (Å²) in [5.41, 5.74) is 13.0. The number of hydrogen-bond acceptors (Lipinski definition) is 11. The van der Waals surface area contributed by atoms with Crippen molar-refractivity contribution in [3.05, 3.63) is 48.6 Å². The van der Waals surface area contributed by atoms with Crippen molar-refractivity contribution in [1.29, 1.82) is 0 Å². The summed E-state index contributed by atoms with van der Waals surface area (Å²) in [6, 6.07) is 8.44. The number of primary amides is 1. The number of nitrogens with two attached hydrogens (primary N) is 2. The van der Waals surface area contributed by atoms with E-state index >= 15 is 0 Å². The van der Waals surface area contributed by atoms with E-state index in [1.54, 1.807) is 36.7 Å². The van der Waals surface area contributed by atoms with Crippen LogP contribution in [0.15, 0.2) is 47.2 Å². The minimum Gasteiger partial charge on any atom is -0.492 e. The molecule has 214 valence electrons. The first-order valence-corrected chi connectivity index (χ1v) is 13.3. The third-order valence-corrected chi connectivity index (χ3v) is 6.95. The number of carbonyl (C=O) groups is 1. The third kappa shape index (κ3) is 5.62. The molecule has 1 fully saturated rings. The molecule has 0 aliphatic carbocycles. The number of aromatic nitrogens is 6. The van der Waals surface area contributed by atoms with Gasteiger partial charge in [0.05, 0.1) is 36.6 Å². The van der Waals surface area contributed by atoms with Gasteiger partial charge >= 0.3 is 0 Å². The summed E-state index contributed by atoms with van der Waals surface area (Å²) in [6.07, 6.45) is 3.29. The number of anilines is 2. The predicted molar refractivity (Wildman–Crippen MR) is 149 cm³/mol. The number of nitrogen functional groups attached to an aromatic ring is 1. The minimum atomic E-state index is -0.438. The van der Waals surface area contributed by atoms with Crippen LogP contribution in [0.1, 0.15) is 0 Å². The lowest BCUT2D eigenvalue weighted by molar-refractivity contribution is -0.117. The number of amides is 1.